The van der Waals surface area contributed by atoms with Crippen LogP contribution in [0.2, 0.25) is 0 Å². The van der Waals surface area contributed by atoms with Crippen molar-refractivity contribution in [2.24, 2.45) is 16.3 Å². The lowest BCUT2D eigenvalue weighted by molar-refractivity contribution is -0.142. The van der Waals surface area contributed by atoms with Gasteiger partial charge in [0.25, 0.3) is 5.91 Å². The zero-order chi connectivity index (χ0) is 25.8. The van der Waals surface area contributed by atoms with E-state index in [1.807, 2.05) is 60.7 Å². The van der Waals surface area contributed by atoms with Crippen molar-refractivity contribution in [1.29, 1.82) is 0 Å². The second kappa shape index (κ2) is 10.6. The highest BCUT2D eigenvalue weighted by Crippen LogP contribution is 2.35. The maximum Gasteiger partial charge on any atom is 0.254 e. The average Bonchev–Trinajstić information content (AvgIpc) is 3.18. The zero-order valence-corrected chi connectivity index (χ0v) is 20.7. The fourth-order valence-corrected chi connectivity index (χ4v) is 4.55. The molecule has 2 aliphatic heterocycles. The number of likely N-dealkylation sites (tertiary alicyclic amines) is 1. The van der Waals surface area contributed by atoms with Gasteiger partial charge in [0.1, 0.15) is 11.5 Å². The largest absolute Gasteiger partial charge is 0.374 e. The molecule has 0 saturated carbocycles. The summed E-state index contributed by atoms with van der Waals surface area (Å²) in [6.45, 7) is 3.99. The van der Waals surface area contributed by atoms with E-state index in [1.54, 1.807) is 18.7 Å². The van der Waals surface area contributed by atoms with E-state index < -0.39 is 22.9 Å². The summed E-state index contributed by atoms with van der Waals surface area (Å²) in [5.41, 5.74) is 9.17. The third-order valence-electron chi connectivity index (χ3n) is 6.60. The number of hydrogen-bond donors (Lipinski definition) is 3. The molecule has 1 fully saturated rings. The second-order valence-electron chi connectivity index (χ2n) is 10.0. The minimum Gasteiger partial charge on any atom is -0.374 e. The van der Waals surface area contributed by atoms with Crippen LogP contribution in [0.25, 0.3) is 0 Å². The van der Waals surface area contributed by atoms with Crippen LogP contribution in [0.4, 0.5) is 0 Å². The molecule has 0 aromatic heterocycles. The maximum absolute atomic E-state index is 13.7. The Bertz CT molecular complexity index is 1130. The molecule has 0 radical (unpaired) electrons. The van der Waals surface area contributed by atoms with E-state index >= 15 is 0 Å². The summed E-state index contributed by atoms with van der Waals surface area (Å²) in [6.07, 6.45) is 0.894. The van der Waals surface area contributed by atoms with Crippen LogP contribution in [0.3, 0.4) is 0 Å². The lowest BCUT2D eigenvalue weighted by Crippen LogP contribution is -2.61. The summed E-state index contributed by atoms with van der Waals surface area (Å²) < 4.78 is 5.83. The van der Waals surface area contributed by atoms with Crippen molar-refractivity contribution >= 4 is 23.4 Å². The molecule has 2 aromatic rings. The highest BCUT2D eigenvalue weighted by molar-refractivity contribution is 6.13. The monoisotopic (exact) mass is 491 g/mol. The van der Waals surface area contributed by atoms with Crippen LogP contribution >= 0.6 is 0 Å². The number of ether oxygens (including phenoxy) is 1. The number of amides is 3. The summed E-state index contributed by atoms with van der Waals surface area (Å²) in [5, 5.41) is 7.04. The molecule has 9 heteroatoms. The Morgan fingerprint density at radius 1 is 1.14 bits per heavy atom. The first-order valence-corrected chi connectivity index (χ1v) is 12.1. The number of nitrogens with one attached hydrogen (secondary N) is 2. The molecule has 2 unspecified atom stereocenters. The van der Waals surface area contributed by atoms with Crippen LogP contribution < -0.4 is 16.5 Å². The third kappa shape index (κ3) is 5.63. The van der Waals surface area contributed by atoms with Gasteiger partial charge in [0, 0.05) is 19.5 Å². The van der Waals surface area contributed by atoms with Gasteiger partial charge in [-0.2, -0.15) is 5.10 Å². The lowest BCUT2D eigenvalue weighted by atomic mass is 9.73. The third-order valence-corrected chi connectivity index (χ3v) is 6.60. The maximum atomic E-state index is 13.7. The van der Waals surface area contributed by atoms with Gasteiger partial charge in [-0.05, 0) is 31.4 Å². The SMILES string of the molecule is CC(C)(N)C(=O)NC(COCc1ccccc1)C(=O)N1CCC2=NNC(=O)C2(Cc2ccccc2)C1. The Kier molecular flexibility index (Phi) is 7.51. The molecule has 1 saturated heterocycles. The normalized spacial score (nSPS) is 20.2. The van der Waals surface area contributed by atoms with Crippen molar-refractivity contribution in [2.45, 2.75) is 44.9 Å². The van der Waals surface area contributed by atoms with Crippen LogP contribution in [-0.4, -0.2) is 59.6 Å². The molecular weight excluding hydrogens is 458 g/mol. The first kappa shape index (κ1) is 25.5. The van der Waals surface area contributed by atoms with Gasteiger partial charge in [-0.1, -0.05) is 60.7 Å². The molecular formula is C27H33N5O4. The number of hydrazone groups is 1. The van der Waals surface area contributed by atoms with Gasteiger partial charge in [-0.15, -0.1) is 0 Å². The van der Waals surface area contributed by atoms with Gasteiger partial charge in [-0.3, -0.25) is 14.4 Å². The Labute approximate surface area is 211 Å². The molecule has 0 spiro atoms. The number of nitrogens with zero attached hydrogens (tertiary/aromatic N) is 2. The number of rotatable bonds is 9. The van der Waals surface area contributed by atoms with Gasteiger partial charge in [0.05, 0.1) is 24.5 Å². The predicted molar refractivity (Wildman–Crippen MR) is 136 cm³/mol. The summed E-state index contributed by atoms with van der Waals surface area (Å²) in [5.74, 6) is -0.990. The van der Waals surface area contributed by atoms with Crippen molar-refractivity contribution in [3.05, 3.63) is 71.8 Å². The van der Waals surface area contributed by atoms with Gasteiger partial charge < -0.3 is 20.7 Å². The number of piperidine rings is 1. The minimum absolute atomic E-state index is 0.0229. The summed E-state index contributed by atoms with van der Waals surface area (Å²) >= 11 is 0. The van der Waals surface area contributed by atoms with Gasteiger partial charge in [0.2, 0.25) is 11.8 Å². The summed E-state index contributed by atoms with van der Waals surface area (Å²) in [7, 11) is 0. The van der Waals surface area contributed by atoms with E-state index in [0.29, 0.717) is 26.0 Å². The van der Waals surface area contributed by atoms with Crippen molar-refractivity contribution in [1.82, 2.24) is 15.6 Å². The van der Waals surface area contributed by atoms with Crippen LogP contribution in [-0.2, 0) is 32.1 Å². The van der Waals surface area contributed by atoms with E-state index in [-0.39, 0.29) is 25.0 Å². The fraction of sp³-hybridized carbons (Fsp3) is 0.407. The van der Waals surface area contributed by atoms with Crippen LogP contribution in [0, 0.1) is 5.41 Å². The lowest BCUT2D eigenvalue weighted by Gasteiger charge is -2.40. The molecule has 2 atom stereocenters. The van der Waals surface area contributed by atoms with Crippen molar-refractivity contribution in [3.63, 3.8) is 0 Å². The van der Waals surface area contributed by atoms with E-state index in [4.69, 9.17) is 10.5 Å². The number of fused-ring (bicyclic) bond motifs is 1. The molecule has 9 nitrogen and oxygen atoms in total. The topological polar surface area (TPSA) is 126 Å². The Hall–Kier alpha value is -3.56. The van der Waals surface area contributed by atoms with Crippen LogP contribution in [0.5, 0.6) is 0 Å². The summed E-state index contributed by atoms with van der Waals surface area (Å²) in [4.78, 5) is 41.1. The van der Waals surface area contributed by atoms with Crippen molar-refractivity contribution in [2.75, 3.05) is 19.7 Å². The number of nitrogens with two attached hydrogens (primary N) is 1. The second-order valence-corrected chi connectivity index (χ2v) is 10.0. The van der Waals surface area contributed by atoms with Crippen LogP contribution in [0.1, 0.15) is 31.4 Å². The van der Waals surface area contributed by atoms with E-state index in [0.717, 1.165) is 16.8 Å². The van der Waals surface area contributed by atoms with Crippen LogP contribution in [0.15, 0.2) is 65.8 Å². The van der Waals surface area contributed by atoms with Gasteiger partial charge in [0.15, 0.2) is 0 Å². The quantitative estimate of drug-likeness (QED) is 0.489. The zero-order valence-electron chi connectivity index (χ0n) is 20.7. The minimum atomic E-state index is -1.17. The standard InChI is InChI=1S/C27H33N5O4/c1-26(2,28)24(34)29-21(17-36-16-20-11-7-4-8-12-20)23(33)32-14-13-22-27(18-32,25(35)31-30-22)15-19-9-5-3-6-10-19/h3-12,21H,13-18,28H2,1-2H3,(H,29,34)(H,31,35). The Morgan fingerprint density at radius 2 is 1.78 bits per heavy atom. The predicted octanol–water partition coefficient (Wildman–Crippen LogP) is 1.37. The fourth-order valence-electron chi connectivity index (χ4n) is 4.55. The van der Waals surface area contributed by atoms with Gasteiger partial charge >= 0.3 is 0 Å². The number of benzene rings is 2. The smallest absolute Gasteiger partial charge is 0.254 e. The first-order valence-electron chi connectivity index (χ1n) is 12.1. The highest BCUT2D eigenvalue weighted by Gasteiger charge is 2.52. The molecule has 3 amide bonds. The van der Waals surface area contributed by atoms with E-state index in [2.05, 4.69) is 15.8 Å². The highest BCUT2D eigenvalue weighted by atomic mass is 16.5. The van der Waals surface area contributed by atoms with Crippen molar-refractivity contribution in [3.8, 4) is 0 Å². The molecule has 36 heavy (non-hydrogen) atoms. The van der Waals surface area contributed by atoms with Crippen molar-refractivity contribution < 1.29 is 19.1 Å². The number of hydrogen-bond acceptors (Lipinski definition) is 6. The Morgan fingerprint density at radius 3 is 2.42 bits per heavy atom. The molecule has 4 rings (SSSR count). The molecule has 2 aromatic carbocycles. The Balaban J connectivity index is 1.52. The molecule has 0 aliphatic carbocycles. The molecule has 0 bridgehead atoms. The molecule has 190 valence electrons. The first-order chi connectivity index (χ1) is 17.2. The number of carbonyl (C=O) groups is 3. The molecule has 2 aliphatic rings. The number of carbonyl (C=O) groups excluding carboxylic acids is 3. The summed E-state index contributed by atoms with van der Waals surface area (Å²) in [6, 6.07) is 18.3. The van der Waals surface area contributed by atoms with Gasteiger partial charge in [-0.25, -0.2) is 5.43 Å². The average molecular weight is 492 g/mol. The van der Waals surface area contributed by atoms with E-state index in [9.17, 15) is 14.4 Å². The molecule has 4 N–H and O–H groups in total. The van der Waals surface area contributed by atoms with E-state index in [1.165, 1.54) is 0 Å². The molecule has 2 heterocycles.